The van der Waals surface area contributed by atoms with Crippen LogP contribution in [0.5, 0.6) is 5.75 Å². The number of nitrogens with one attached hydrogen (secondary N) is 1. The lowest BCUT2D eigenvalue weighted by atomic mass is 9.85. The number of ketones is 1. The third-order valence-corrected chi connectivity index (χ3v) is 4.42. The van der Waals surface area contributed by atoms with E-state index >= 15 is 0 Å². The van der Waals surface area contributed by atoms with Crippen LogP contribution in [0.2, 0.25) is 0 Å². The summed E-state index contributed by atoms with van der Waals surface area (Å²) < 4.78 is 10.8. The van der Waals surface area contributed by atoms with Crippen LogP contribution in [0, 0.1) is 0 Å². The lowest BCUT2D eigenvalue weighted by Gasteiger charge is -2.24. The first-order valence-electron chi connectivity index (χ1n) is 7.97. The molecule has 22 heavy (non-hydrogen) atoms. The van der Waals surface area contributed by atoms with Crippen LogP contribution in [0.3, 0.4) is 0 Å². The number of benzene rings is 1. The van der Waals surface area contributed by atoms with Crippen molar-refractivity contribution in [2.75, 3.05) is 20.3 Å². The van der Waals surface area contributed by atoms with Gasteiger partial charge in [-0.1, -0.05) is 12.1 Å². The van der Waals surface area contributed by atoms with Crippen molar-refractivity contribution in [1.82, 2.24) is 5.32 Å². The zero-order chi connectivity index (χ0) is 15.4. The molecule has 2 aliphatic rings. The first-order valence-corrected chi connectivity index (χ1v) is 7.97. The van der Waals surface area contributed by atoms with Crippen molar-refractivity contribution < 1.29 is 14.3 Å². The Morgan fingerprint density at radius 3 is 2.77 bits per heavy atom. The molecule has 0 amide bonds. The Kier molecular flexibility index (Phi) is 4.78. The molecule has 1 fully saturated rings. The summed E-state index contributed by atoms with van der Waals surface area (Å²) in [7, 11) is 1.66. The summed E-state index contributed by atoms with van der Waals surface area (Å²) in [5.41, 5.74) is 2.23. The summed E-state index contributed by atoms with van der Waals surface area (Å²) in [5.74, 6) is 1.29. The van der Waals surface area contributed by atoms with Crippen LogP contribution < -0.4 is 10.1 Å². The van der Waals surface area contributed by atoms with Gasteiger partial charge in [-0.15, -0.1) is 0 Å². The molecule has 2 atom stereocenters. The highest BCUT2D eigenvalue weighted by molar-refractivity contribution is 5.91. The summed E-state index contributed by atoms with van der Waals surface area (Å²) in [5, 5.41) is 3.41. The molecular formula is C18H23NO3. The molecule has 1 aliphatic carbocycles. The van der Waals surface area contributed by atoms with Crippen LogP contribution in [0.1, 0.15) is 37.2 Å². The van der Waals surface area contributed by atoms with Crippen LogP contribution in [0.25, 0.3) is 0 Å². The molecule has 1 aromatic carbocycles. The highest BCUT2D eigenvalue weighted by Gasteiger charge is 2.23. The predicted octanol–water partition coefficient (Wildman–Crippen LogP) is 2.79. The first-order chi connectivity index (χ1) is 10.7. The average Bonchev–Trinajstić information content (AvgIpc) is 3.06. The molecule has 118 valence electrons. The molecule has 0 spiro atoms. The molecule has 0 saturated carbocycles. The van der Waals surface area contributed by atoms with Crippen molar-refractivity contribution in [2.24, 2.45) is 0 Å². The monoisotopic (exact) mass is 301 g/mol. The van der Waals surface area contributed by atoms with E-state index in [1.807, 2.05) is 12.1 Å². The van der Waals surface area contributed by atoms with E-state index in [0.717, 1.165) is 43.9 Å². The first kappa shape index (κ1) is 15.1. The van der Waals surface area contributed by atoms with Gasteiger partial charge >= 0.3 is 0 Å². The third-order valence-electron chi connectivity index (χ3n) is 4.42. The van der Waals surface area contributed by atoms with E-state index in [2.05, 4.69) is 17.4 Å². The van der Waals surface area contributed by atoms with Gasteiger partial charge in [-0.25, -0.2) is 0 Å². The minimum atomic E-state index is 0.196. The predicted molar refractivity (Wildman–Crippen MR) is 85.0 cm³/mol. The van der Waals surface area contributed by atoms with Gasteiger partial charge in [-0.3, -0.25) is 4.79 Å². The van der Waals surface area contributed by atoms with Crippen molar-refractivity contribution in [3.63, 3.8) is 0 Å². The fourth-order valence-electron chi connectivity index (χ4n) is 3.18. The van der Waals surface area contributed by atoms with E-state index in [9.17, 15) is 4.79 Å². The van der Waals surface area contributed by atoms with Gasteiger partial charge in [0.1, 0.15) is 5.75 Å². The Balaban J connectivity index is 1.62. The van der Waals surface area contributed by atoms with Crippen LogP contribution in [-0.4, -0.2) is 32.1 Å². The largest absolute Gasteiger partial charge is 0.497 e. The van der Waals surface area contributed by atoms with Crippen LogP contribution in [-0.2, 0) is 9.53 Å². The minimum absolute atomic E-state index is 0.196. The fraction of sp³-hybridized carbons (Fsp3) is 0.500. The van der Waals surface area contributed by atoms with E-state index in [1.54, 1.807) is 13.2 Å². The molecule has 0 bridgehead atoms. The summed E-state index contributed by atoms with van der Waals surface area (Å²) in [6, 6.07) is 8.02. The van der Waals surface area contributed by atoms with Gasteiger partial charge in [-0.05, 0) is 42.9 Å². The topological polar surface area (TPSA) is 47.6 Å². The Morgan fingerprint density at radius 1 is 1.27 bits per heavy atom. The van der Waals surface area contributed by atoms with E-state index < -0.39 is 0 Å². The lowest BCUT2D eigenvalue weighted by molar-refractivity contribution is -0.115. The summed E-state index contributed by atoms with van der Waals surface area (Å²) in [6.45, 7) is 1.66. The van der Waals surface area contributed by atoms with Gasteiger partial charge in [0.2, 0.25) is 0 Å². The van der Waals surface area contributed by atoms with Crippen molar-refractivity contribution in [1.29, 1.82) is 0 Å². The van der Waals surface area contributed by atoms with Gasteiger partial charge < -0.3 is 14.8 Å². The molecule has 1 aromatic rings. The quantitative estimate of drug-likeness (QED) is 0.908. The normalized spacial score (nSPS) is 25.0. The lowest BCUT2D eigenvalue weighted by Crippen LogP contribution is -2.29. The maximum absolute atomic E-state index is 12.0. The van der Waals surface area contributed by atoms with E-state index in [4.69, 9.17) is 9.47 Å². The number of carbonyl (C=O) groups is 1. The van der Waals surface area contributed by atoms with Gasteiger partial charge in [-0.2, -0.15) is 0 Å². The van der Waals surface area contributed by atoms with Crippen LogP contribution >= 0.6 is 0 Å². The number of rotatable bonds is 5. The standard InChI is InChI=1S/C18H23NO3/c1-21-17-6-4-13(5-7-17)14-9-15(11-16(20)10-14)19-12-18-3-2-8-22-18/h4-7,11,14,18-19H,2-3,8-10,12H2,1H3/t14-,18-/m0/s1. The number of hydrogen-bond acceptors (Lipinski definition) is 4. The van der Waals surface area contributed by atoms with E-state index in [-0.39, 0.29) is 17.8 Å². The Labute approximate surface area is 131 Å². The second-order valence-electron chi connectivity index (χ2n) is 6.03. The number of carbonyl (C=O) groups excluding carboxylic acids is 1. The number of hydrogen-bond donors (Lipinski definition) is 1. The summed E-state index contributed by atoms with van der Waals surface area (Å²) in [4.78, 5) is 12.0. The fourth-order valence-corrected chi connectivity index (χ4v) is 3.18. The van der Waals surface area contributed by atoms with Crippen LogP contribution in [0.15, 0.2) is 36.0 Å². The van der Waals surface area contributed by atoms with Crippen molar-refractivity contribution in [3.8, 4) is 5.75 Å². The summed E-state index contributed by atoms with van der Waals surface area (Å²) >= 11 is 0. The Hall–Kier alpha value is -1.81. The molecular weight excluding hydrogens is 278 g/mol. The molecule has 4 heteroatoms. The van der Waals surface area contributed by atoms with Gasteiger partial charge in [0.25, 0.3) is 0 Å². The molecule has 1 N–H and O–H groups in total. The second-order valence-corrected chi connectivity index (χ2v) is 6.03. The van der Waals surface area contributed by atoms with Gasteiger partial charge in [0.05, 0.1) is 13.2 Å². The molecule has 0 aromatic heterocycles. The highest BCUT2D eigenvalue weighted by atomic mass is 16.5. The average molecular weight is 301 g/mol. The van der Waals surface area contributed by atoms with Gasteiger partial charge in [0.15, 0.2) is 5.78 Å². The van der Waals surface area contributed by atoms with E-state index in [0.29, 0.717) is 6.42 Å². The molecule has 3 rings (SSSR count). The highest BCUT2D eigenvalue weighted by Crippen LogP contribution is 2.31. The van der Waals surface area contributed by atoms with Crippen molar-refractivity contribution in [3.05, 3.63) is 41.6 Å². The number of ether oxygens (including phenoxy) is 2. The number of allylic oxidation sites excluding steroid dienone is 2. The molecule has 4 nitrogen and oxygen atoms in total. The van der Waals surface area contributed by atoms with Gasteiger partial charge in [0, 0.05) is 31.3 Å². The maximum atomic E-state index is 12.0. The zero-order valence-electron chi connectivity index (χ0n) is 13.0. The number of methoxy groups -OCH3 is 1. The summed E-state index contributed by atoms with van der Waals surface area (Å²) in [6.07, 6.45) is 5.75. The molecule has 1 heterocycles. The van der Waals surface area contributed by atoms with Crippen molar-refractivity contribution in [2.45, 2.75) is 37.7 Å². The molecule has 1 saturated heterocycles. The maximum Gasteiger partial charge on any atom is 0.158 e. The minimum Gasteiger partial charge on any atom is -0.497 e. The smallest absolute Gasteiger partial charge is 0.158 e. The van der Waals surface area contributed by atoms with Crippen molar-refractivity contribution >= 4 is 5.78 Å². The SMILES string of the molecule is COc1ccc([C@@H]2CC(=O)C=C(NC[C@@H]3CCCO3)C2)cc1. The molecule has 0 radical (unpaired) electrons. The van der Waals surface area contributed by atoms with Crippen LogP contribution in [0.4, 0.5) is 0 Å². The zero-order valence-corrected chi connectivity index (χ0v) is 13.0. The molecule has 1 aliphatic heterocycles. The Bertz CT molecular complexity index is 544. The second kappa shape index (κ2) is 6.97. The molecule has 0 unspecified atom stereocenters. The van der Waals surface area contributed by atoms with E-state index in [1.165, 1.54) is 5.56 Å². The Morgan fingerprint density at radius 2 is 2.09 bits per heavy atom. The third kappa shape index (κ3) is 3.69.